The van der Waals surface area contributed by atoms with E-state index in [0.29, 0.717) is 22.3 Å². The topological polar surface area (TPSA) is 47.3 Å². The summed E-state index contributed by atoms with van der Waals surface area (Å²) in [4.78, 5) is 1.60. The van der Waals surface area contributed by atoms with Crippen molar-refractivity contribution in [2.45, 2.75) is 72.1 Å². The van der Waals surface area contributed by atoms with Crippen molar-refractivity contribution in [1.29, 1.82) is 0 Å². The summed E-state index contributed by atoms with van der Waals surface area (Å²) in [6, 6.07) is 0. The predicted molar refractivity (Wildman–Crippen MR) is 131 cm³/mol. The molecule has 1 aliphatic carbocycles. The van der Waals surface area contributed by atoms with Crippen LogP contribution in [0.5, 0.6) is 0 Å². The van der Waals surface area contributed by atoms with Gasteiger partial charge in [-0.3, -0.25) is 0 Å². The summed E-state index contributed by atoms with van der Waals surface area (Å²) >= 11 is 1.96. The van der Waals surface area contributed by atoms with Gasteiger partial charge < -0.3 is 15.8 Å². The van der Waals surface area contributed by atoms with Crippen molar-refractivity contribution in [3.63, 3.8) is 0 Å². The molecule has 0 unspecified atom stereocenters. The van der Waals surface area contributed by atoms with Gasteiger partial charge >= 0.3 is 0 Å². The average molecular weight is 417 g/mol. The summed E-state index contributed by atoms with van der Waals surface area (Å²) in [5, 5.41) is 4.70. The van der Waals surface area contributed by atoms with Crippen LogP contribution < -0.4 is 11.1 Å². The lowest BCUT2D eigenvalue weighted by atomic mass is 9.66. The third kappa shape index (κ3) is 6.02. The minimum absolute atomic E-state index is 0.348. The standard InChI is InChI=1S/C14H23NS.C11H17NO/c1-9-10-11(16-12(9)15-6)14(4,5)8-7-13(10,2)3;1-8(10(3)12)6-7-9(2)11(4)13-5/h15H,7-8H2,1-6H3;6-7H,3-4,12H2,1-2,5H3/b;8-6+,9-7+. The quantitative estimate of drug-likeness (QED) is 0.403. The van der Waals surface area contributed by atoms with Crippen molar-refractivity contribution in [3.8, 4) is 0 Å². The Morgan fingerprint density at radius 2 is 1.59 bits per heavy atom. The molecule has 29 heavy (non-hydrogen) atoms. The largest absolute Gasteiger partial charge is 0.497 e. The van der Waals surface area contributed by atoms with Gasteiger partial charge in [-0.25, -0.2) is 0 Å². The maximum absolute atomic E-state index is 5.49. The summed E-state index contributed by atoms with van der Waals surface area (Å²) in [5.41, 5.74) is 11.8. The van der Waals surface area contributed by atoms with Crippen LogP contribution in [-0.2, 0) is 15.6 Å². The molecule has 0 fully saturated rings. The highest BCUT2D eigenvalue weighted by molar-refractivity contribution is 7.16. The zero-order chi connectivity index (χ0) is 22.6. The van der Waals surface area contributed by atoms with E-state index in [1.165, 1.54) is 23.4 Å². The minimum atomic E-state index is 0.348. The Balaban J connectivity index is 0.000000298. The van der Waals surface area contributed by atoms with Crippen LogP contribution in [0.3, 0.4) is 0 Å². The number of ether oxygens (including phenoxy) is 1. The van der Waals surface area contributed by atoms with Crippen LogP contribution in [0.4, 0.5) is 5.00 Å². The van der Waals surface area contributed by atoms with Crippen molar-refractivity contribution < 1.29 is 4.74 Å². The van der Waals surface area contributed by atoms with E-state index in [2.05, 4.69) is 53.1 Å². The minimum Gasteiger partial charge on any atom is -0.497 e. The maximum atomic E-state index is 5.49. The van der Waals surface area contributed by atoms with Gasteiger partial charge in [0.05, 0.1) is 12.1 Å². The first-order valence-electron chi connectivity index (χ1n) is 10.1. The first-order valence-corrected chi connectivity index (χ1v) is 11.0. The average Bonchev–Trinajstić information content (AvgIpc) is 3.01. The molecule has 1 heterocycles. The number of nitrogens with two attached hydrogens (primary N) is 1. The number of fused-ring (bicyclic) bond motifs is 1. The molecule has 0 amide bonds. The van der Waals surface area contributed by atoms with Gasteiger partial charge in [0.2, 0.25) is 0 Å². The smallest absolute Gasteiger partial charge is 0.114 e. The fraction of sp³-hybridized carbons (Fsp3) is 0.520. The highest BCUT2D eigenvalue weighted by atomic mass is 32.1. The first-order chi connectivity index (χ1) is 13.3. The molecule has 0 aliphatic heterocycles. The number of anilines is 1. The summed E-state index contributed by atoms with van der Waals surface area (Å²) in [7, 11) is 3.63. The Kier molecular flexibility index (Phi) is 8.40. The molecule has 4 heteroatoms. The molecule has 1 aromatic rings. The molecule has 2 rings (SSSR count). The fourth-order valence-electron chi connectivity index (χ4n) is 3.52. The van der Waals surface area contributed by atoms with Gasteiger partial charge in [-0.15, -0.1) is 11.3 Å². The molecular weight excluding hydrogens is 376 g/mol. The van der Waals surface area contributed by atoms with Crippen molar-refractivity contribution in [2.24, 2.45) is 5.73 Å². The van der Waals surface area contributed by atoms with Crippen LogP contribution in [0.1, 0.15) is 70.4 Å². The molecule has 0 aromatic carbocycles. The summed E-state index contributed by atoms with van der Waals surface area (Å²) in [5.74, 6) is 0.659. The number of nitrogens with one attached hydrogen (secondary N) is 1. The molecule has 0 saturated carbocycles. The van der Waals surface area contributed by atoms with Gasteiger partial charge in [0.1, 0.15) is 5.76 Å². The van der Waals surface area contributed by atoms with Crippen molar-refractivity contribution in [2.75, 3.05) is 19.5 Å². The Labute approximate surface area is 182 Å². The SMILES string of the molecule is C=C(N)/C(C)=C/C=C(\C)C(=C)OC.CNc1sc2c(c1C)C(C)(C)CCC2(C)C. The van der Waals surface area contributed by atoms with Crippen molar-refractivity contribution >= 4 is 16.3 Å². The van der Waals surface area contributed by atoms with E-state index in [9.17, 15) is 0 Å². The van der Waals surface area contributed by atoms with E-state index in [4.69, 9.17) is 10.5 Å². The van der Waals surface area contributed by atoms with Crippen LogP contribution in [0.2, 0.25) is 0 Å². The molecule has 0 atom stereocenters. The molecule has 0 radical (unpaired) electrons. The number of allylic oxidation sites excluding steroid dienone is 4. The van der Waals surface area contributed by atoms with Gasteiger partial charge in [0.25, 0.3) is 0 Å². The zero-order valence-corrected chi connectivity index (χ0v) is 20.7. The second kappa shape index (κ2) is 9.71. The molecule has 3 nitrogen and oxygen atoms in total. The Hall–Kier alpha value is -1.94. The van der Waals surface area contributed by atoms with Crippen LogP contribution in [-0.4, -0.2) is 14.2 Å². The predicted octanol–water partition coefficient (Wildman–Crippen LogP) is 6.96. The van der Waals surface area contributed by atoms with Gasteiger partial charge in [-0.05, 0) is 66.7 Å². The molecule has 3 N–H and O–H groups in total. The number of hydrogen-bond acceptors (Lipinski definition) is 4. The summed E-state index contributed by atoms with van der Waals surface area (Å²) in [6.45, 7) is 23.0. The highest BCUT2D eigenvalue weighted by Gasteiger charge is 2.40. The van der Waals surface area contributed by atoms with E-state index < -0.39 is 0 Å². The van der Waals surface area contributed by atoms with E-state index in [1.807, 2.05) is 44.4 Å². The highest BCUT2D eigenvalue weighted by Crippen LogP contribution is 2.52. The number of thiophene rings is 1. The lowest BCUT2D eigenvalue weighted by molar-refractivity contribution is 0.303. The van der Waals surface area contributed by atoms with Crippen LogP contribution in [0.15, 0.2) is 47.9 Å². The molecule has 1 aliphatic rings. The second-order valence-electron chi connectivity index (χ2n) is 9.13. The normalized spacial score (nSPS) is 17.6. The van der Waals surface area contributed by atoms with E-state index in [1.54, 1.807) is 17.6 Å². The van der Waals surface area contributed by atoms with Crippen LogP contribution >= 0.6 is 11.3 Å². The lowest BCUT2D eigenvalue weighted by Crippen LogP contribution is -2.32. The first kappa shape index (κ1) is 25.1. The molecule has 162 valence electrons. The van der Waals surface area contributed by atoms with E-state index in [0.717, 1.165) is 11.1 Å². The molecule has 1 aromatic heterocycles. The fourth-order valence-corrected chi connectivity index (χ4v) is 4.99. The van der Waals surface area contributed by atoms with Crippen LogP contribution in [0, 0.1) is 6.92 Å². The molecule has 0 spiro atoms. The third-order valence-electron chi connectivity index (χ3n) is 5.82. The molecular formula is C25H40N2OS. The van der Waals surface area contributed by atoms with E-state index >= 15 is 0 Å². The number of rotatable bonds is 5. The van der Waals surface area contributed by atoms with Gasteiger partial charge in [0, 0.05) is 17.6 Å². The third-order valence-corrected chi connectivity index (χ3v) is 7.49. The Morgan fingerprint density at radius 1 is 1.07 bits per heavy atom. The van der Waals surface area contributed by atoms with E-state index in [-0.39, 0.29) is 0 Å². The number of hydrogen-bond donors (Lipinski definition) is 2. The van der Waals surface area contributed by atoms with Crippen molar-refractivity contribution in [3.05, 3.63) is 63.9 Å². The van der Waals surface area contributed by atoms with Gasteiger partial charge in [-0.2, -0.15) is 0 Å². The monoisotopic (exact) mass is 416 g/mol. The summed E-state index contributed by atoms with van der Waals surface area (Å²) in [6.07, 6.45) is 6.39. The van der Waals surface area contributed by atoms with Gasteiger partial charge in [0.15, 0.2) is 0 Å². The Morgan fingerprint density at radius 3 is 2.03 bits per heavy atom. The molecule has 0 bridgehead atoms. The lowest BCUT2D eigenvalue weighted by Gasteiger charge is -2.39. The number of methoxy groups -OCH3 is 1. The zero-order valence-electron chi connectivity index (χ0n) is 19.9. The van der Waals surface area contributed by atoms with Gasteiger partial charge in [-0.1, -0.05) is 53.0 Å². The van der Waals surface area contributed by atoms with Crippen LogP contribution in [0.25, 0.3) is 0 Å². The maximum Gasteiger partial charge on any atom is 0.114 e. The Bertz CT molecular complexity index is 822. The van der Waals surface area contributed by atoms with Crippen molar-refractivity contribution in [1.82, 2.24) is 0 Å². The summed E-state index contributed by atoms with van der Waals surface area (Å²) < 4.78 is 4.96. The molecule has 0 saturated heterocycles. The second-order valence-corrected chi connectivity index (χ2v) is 10.2.